The van der Waals surface area contributed by atoms with E-state index in [0.717, 1.165) is 6.42 Å². The summed E-state index contributed by atoms with van der Waals surface area (Å²) in [5.74, 6) is 1.28. The number of hydrogen-bond donors (Lipinski definition) is 0. The van der Waals surface area contributed by atoms with E-state index in [2.05, 4.69) is 51.2 Å². The largest absolute Gasteiger partial charge is 0.0904 e. The van der Waals surface area contributed by atoms with E-state index in [1.54, 1.807) is 0 Å². The van der Waals surface area contributed by atoms with Crippen LogP contribution in [0.1, 0.15) is 34.1 Å². The van der Waals surface area contributed by atoms with Crippen LogP contribution in [-0.2, 0) is 0 Å². The average molecular weight is 163 g/mol. The maximum absolute atomic E-state index is 2.19. The lowest BCUT2D eigenvalue weighted by Crippen LogP contribution is -1.83. The molecule has 0 amide bonds. The van der Waals surface area contributed by atoms with Gasteiger partial charge in [0.2, 0.25) is 0 Å². The fourth-order valence-electron chi connectivity index (χ4n) is 0.931. The number of allylic oxidation sites excluding steroid dienone is 6. The topological polar surface area (TPSA) is 0 Å². The molecule has 0 N–H and O–H groups in total. The lowest BCUT2D eigenvalue weighted by Gasteiger charge is -1.99. The number of hydrogen-bond acceptors (Lipinski definition) is 0. The summed E-state index contributed by atoms with van der Waals surface area (Å²) in [6.45, 7) is 8.41. The summed E-state index contributed by atoms with van der Waals surface area (Å²) in [5, 5.41) is 0. The van der Waals surface area contributed by atoms with Crippen LogP contribution in [0.5, 0.6) is 0 Å². The van der Waals surface area contributed by atoms with E-state index in [1.165, 1.54) is 11.5 Å². The molecule has 0 atom stereocenters. The minimum atomic E-state index is 1.09. The summed E-state index contributed by atoms with van der Waals surface area (Å²) in [6, 6.07) is 0. The summed E-state index contributed by atoms with van der Waals surface area (Å²) in [5.41, 5.74) is 1.34. The van der Waals surface area contributed by atoms with Crippen molar-refractivity contribution in [1.29, 1.82) is 0 Å². The van der Waals surface area contributed by atoms with E-state index in [1.807, 2.05) is 6.92 Å². The van der Waals surface area contributed by atoms with Gasteiger partial charge in [-0.15, -0.1) is 0 Å². The first-order chi connectivity index (χ1) is 5.70. The van der Waals surface area contributed by atoms with Crippen LogP contribution < -0.4 is 0 Å². The summed E-state index contributed by atoms with van der Waals surface area (Å²) < 4.78 is 0. The third-order valence-electron chi connectivity index (χ3n) is 1.36. The maximum Gasteiger partial charge on any atom is 0.0405 e. The van der Waals surface area contributed by atoms with Gasteiger partial charge < -0.3 is 0 Å². The molecular weight excluding hydrogens is 144 g/mol. The monoisotopic (exact) mass is 163 g/mol. The van der Waals surface area contributed by atoms with Crippen molar-refractivity contribution in [3.63, 3.8) is 0 Å². The van der Waals surface area contributed by atoms with Crippen molar-refractivity contribution in [2.45, 2.75) is 34.1 Å². The van der Waals surface area contributed by atoms with E-state index in [0.29, 0.717) is 0 Å². The molecule has 0 aromatic rings. The predicted octanol–water partition coefficient (Wildman–Crippen LogP) is 4.07. The molecule has 0 aromatic heterocycles. The predicted molar refractivity (Wildman–Crippen MR) is 56.9 cm³/mol. The molecule has 0 aromatic carbocycles. The van der Waals surface area contributed by atoms with E-state index < -0.39 is 0 Å². The third kappa shape index (κ3) is 5.96. The highest BCUT2D eigenvalue weighted by Gasteiger charge is 1.93. The SMILES string of the molecule is CC=C[C](C=CCC)C=C(C)C. The van der Waals surface area contributed by atoms with E-state index in [9.17, 15) is 0 Å². The second kappa shape index (κ2) is 6.90. The zero-order valence-corrected chi connectivity index (χ0v) is 8.59. The van der Waals surface area contributed by atoms with Gasteiger partial charge in [-0.2, -0.15) is 0 Å². The molecule has 0 heteroatoms. The lowest BCUT2D eigenvalue weighted by molar-refractivity contribution is 1.21. The van der Waals surface area contributed by atoms with Crippen LogP contribution in [0.4, 0.5) is 0 Å². The van der Waals surface area contributed by atoms with Crippen LogP contribution in [0.25, 0.3) is 0 Å². The third-order valence-corrected chi connectivity index (χ3v) is 1.36. The molecule has 12 heavy (non-hydrogen) atoms. The first kappa shape index (κ1) is 11.2. The van der Waals surface area contributed by atoms with Crippen LogP contribution in [0.2, 0.25) is 0 Å². The van der Waals surface area contributed by atoms with Crippen molar-refractivity contribution in [3.05, 3.63) is 41.9 Å². The van der Waals surface area contributed by atoms with E-state index in [-0.39, 0.29) is 0 Å². The van der Waals surface area contributed by atoms with Crippen molar-refractivity contribution in [1.82, 2.24) is 0 Å². The van der Waals surface area contributed by atoms with Crippen LogP contribution in [0.15, 0.2) is 36.0 Å². The van der Waals surface area contributed by atoms with Crippen molar-refractivity contribution in [2.75, 3.05) is 0 Å². The van der Waals surface area contributed by atoms with Crippen molar-refractivity contribution >= 4 is 0 Å². The molecule has 0 rings (SSSR count). The zero-order chi connectivity index (χ0) is 9.40. The van der Waals surface area contributed by atoms with Crippen molar-refractivity contribution in [2.24, 2.45) is 0 Å². The average Bonchev–Trinajstić information content (AvgIpc) is 2.00. The van der Waals surface area contributed by atoms with Crippen molar-refractivity contribution in [3.8, 4) is 0 Å². The Morgan fingerprint density at radius 2 is 1.83 bits per heavy atom. The van der Waals surface area contributed by atoms with Gasteiger partial charge in [0.05, 0.1) is 0 Å². The van der Waals surface area contributed by atoms with Gasteiger partial charge in [-0.3, -0.25) is 0 Å². The van der Waals surface area contributed by atoms with Gasteiger partial charge in [0.25, 0.3) is 0 Å². The standard InChI is InChI=1S/C12H19/c1-5-7-9-12(8-6-2)10-11(3)4/h6-10H,5H2,1-4H3. The lowest BCUT2D eigenvalue weighted by atomic mass is 10.1. The Morgan fingerprint density at radius 3 is 2.25 bits per heavy atom. The Kier molecular flexibility index (Phi) is 6.45. The van der Waals surface area contributed by atoms with Crippen LogP contribution in [0, 0.1) is 5.92 Å². The second-order valence-corrected chi connectivity index (χ2v) is 3.03. The highest BCUT2D eigenvalue weighted by molar-refractivity contribution is 5.34. The molecule has 0 nitrogen and oxygen atoms in total. The summed E-state index contributed by atoms with van der Waals surface area (Å²) in [7, 11) is 0. The Labute approximate surface area is 76.7 Å². The minimum absolute atomic E-state index is 1.09. The Morgan fingerprint density at radius 1 is 1.17 bits per heavy atom. The molecule has 0 fully saturated rings. The molecular formula is C12H19. The highest BCUT2D eigenvalue weighted by Crippen LogP contribution is 2.10. The Balaban J connectivity index is 4.23. The van der Waals surface area contributed by atoms with E-state index in [4.69, 9.17) is 0 Å². The first-order valence-corrected chi connectivity index (χ1v) is 4.51. The summed E-state index contributed by atoms with van der Waals surface area (Å²) >= 11 is 0. The molecule has 1 radical (unpaired) electrons. The van der Waals surface area contributed by atoms with Gasteiger partial charge >= 0.3 is 0 Å². The minimum Gasteiger partial charge on any atom is -0.0904 e. The first-order valence-electron chi connectivity index (χ1n) is 4.51. The van der Waals surface area contributed by atoms with Crippen LogP contribution in [0.3, 0.4) is 0 Å². The Hall–Kier alpha value is -0.780. The fraction of sp³-hybridized carbons (Fsp3) is 0.417. The van der Waals surface area contributed by atoms with E-state index >= 15 is 0 Å². The molecule has 0 aliphatic rings. The van der Waals surface area contributed by atoms with Crippen molar-refractivity contribution < 1.29 is 0 Å². The molecule has 0 heterocycles. The van der Waals surface area contributed by atoms with Gasteiger partial charge in [0.1, 0.15) is 0 Å². The zero-order valence-electron chi connectivity index (χ0n) is 8.59. The van der Waals surface area contributed by atoms with Crippen LogP contribution in [-0.4, -0.2) is 0 Å². The quantitative estimate of drug-likeness (QED) is 0.586. The van der Waals surface area contributed by atoms with Gasteiger partial charge in [-0.05, 0) is 27.2 Å². The molecule has 0 saturated carbocycles. The van der Waals surface area contributed by atoms with Gasteiger partial charge in [0, 0.05) is 5.92 Å². The second-order valence-electron chi connectivity index (χ2n) is 3.03. The van der Waals surface area contributed by atoms with Gasteiger partial charge in [-0.1, -0.05) is 42.9 Å². The normalized spacial score (nSPS) is 11.8. The molecule has 0 spiro atoms. The molecule has 0 aliphatic carbocycles. The summed E-state index contributed by atoms with van der Waals surface area (Å²) in [4.78, 5) is 0. The van der Waals surface area contributed by atoms with Gasteiger partial charge in [0.15, 0.2) is 0 Å². The Bertz CT molecular complexity index is 178. The molecule has 0 bridgehead atoms. The molecule has 0 saturated heterocycles. The van der Waals surface area contributed by atoms with Crippen LogP contribution >= 0.6 is 0 Å². The van der Waals surface area contributed by atoms with Gasteiger partial charge in [-0.25, -0.2) is 0 Å². The fourth-order valence-corrected chi connectivity index (χ4v) is 0.931. The molecule has 0 unspecified atom stereocenters. The molecule has 0 aliphatic heterocycles. The highest BCUT2D eigenvalue weighted by atomic mass is 14.0. The number of rotatable bonds is 4. The maximum atomic E-state index is 2.19. The molecule has 67 valence electrons. The smallest absolute Gasteiger partial charge is 0.0405 e. The summed E-state index contributed by atoms with van der Waals surface area (Å²) in [6.07, 6.45) is 11.8.